The van der Waals surface area contributed by atoms with Gasteiger partial charge in [0.1, 0.15) is 5.60 Å². The molecule has 0 unspecified atom stereocenters. The summed E-state index contributed by atoms with van der Waals surface area (Å²) in [7, 11) is 0. The summed E-state index contributed by atoms with van der Waals surface area (Å²) in [6.07, 6.45) is 4.79. The molecule has 0 aromatic carbocycles. The first-order chi connectivity index (χ1) is 12.5. The molecule has 2 aliphatic heterocycles. The zero-order valence-corrected chi connectivity index (χ0v) is 15.3. The van der Waals surface area contributed by atoms with Gasteiger partial charge >= 0.3 is 6.09 Å². The Bertz CT molecular complexity index is 455. The third-order valence-corrected chi connectivity index (χ3v) is 4.31. The highest BCUT2D eigenvalue weighted by Crippen LogP contribution is 2.22. The van der Waals surface area contributed by atoms with Crippen LogP contribution in [0.15, 0.2) is 0 Å². The van der Waals surface area contributed by atoms with Crippen LogP contribution in [-0.4, -0.2) is 77.1 Å². The van der Waals surface area contributed by atoms with E-state index in [2.05, 4.69) is 0 Å². The second-order valence-corrected chi connectivity index (χ2v) is 7.48. The van der Waals surface area contributed by atoms with E-state index < -0.39 is 12.6 Å². The fraction of sp³-hybridized carbons (Fsp3) is 0.944. The van der Waals surface area contributed by atoms with E-state index in [0.29, 0.717) is 19.4 Å². The number of likely N-dealkylation sites (tertiary alicyclic amines) is 2. The number of carbonyl (C=O) groups excluding carboxylic acids is 1. The molecule has 0 aromatic heterocycles. The number of aliphatic hydroxyl groups excluding tert-OH is 2. The highest BCUT2D eigenvalue weighted by atomic mass is 16.6. The Labute approximate surface area is 151 Å². The van der Waals surface area contributed by atoms with E-state index in [0.717, 1.165) is 32.2 Å². The molecule has 24 heavy (non-hydrogen) atoms. The van der Waals surface area contributed by atoms with Gasteiger partial charge < -0.3 is 24.7 Å². The van der Waals surface area contributed by atoms with Gasteiger partial charge in [0, 0.05) is 36.0 Å². The predicted molar refractivity (Wildman–Crippen MR) is 95.0 cm³/mol. The standard InChI is InChI=1S/C11H21NO3.C7H15NO/c1-11(2,3)15-10(14)12-7-4-5-9(12)6-8-13;1-8-5-2-3-7(8)4-6-9/h9,13H,4-8H2,1-3H3;7,9H,2-6H2,1H3/t9-;7-/m11/s1/i;1D3. The van der Waals surface area contributed by atoms with Crippen molar-refractivity contribution in [2.24, 2.45) is 0 Å². The number of rotatable bonds is 4. The molecule has 0 saturated carbocycles. The molecule has 2 heterocycles. The molecule has 0 spiro atoms. The van der Waals surface area contributed by atoms with Gasteiger partial charge in [0.2, 0.25) is 0 Å². The van der Waals surface area contributed by atoms with E-state index in [4.69, 9.17) is 19.1 Å². The third kappa shape index (κ3) is 7.36. The van der Waals surface area contributed by atoms with Gasteiger partial charge in [0.25, 0.3) is 0 Å². The normalized spacial score (nSPS) is 27.0. The fourth-order valence-corrected chi connectivity index (χ4v) is 3.13. The molecule has 2 saturated heterocycles. The molecule has 6 nitrogen and oxygen atoms in total. The number of ether oxygens (including phenoxy) is 1. The topological polar surface area (TPSA) is 73.2 Å². The van der Waals surface area contributed by atoms with Gasteiger partial charge in [-0.05, 0) is 72.8 Å². The van der Waals surface area contributed by atoms with Gasteiger partial charge in [0.05, 0.1) is 0 Å². The smallest absolute Gasteiger partial charge is 0.410 e. The molecule has 0 aliphatic carbocycles. The Morgan fingerprint density at radius 2 is 1.71 bits per heavy atom. The van der Waals surface area contributed by atoms with Gasteiger partial charge in [-0.3, -0.25) is 0 Å². The van der Waals surface area contributed by atoms with Gasteiger partial charge in [-0.15, -0.1) is 0 Å². The van der Waals surface area contributed by atoms with E-state index in [1.54, 1.807) is 4.90 Å². The van der Waals surface area contributed by atoms with Gasteiger partial charge in [-0.1, -0.05) is 0 Å². The summed E-state index contributed by atoms with van der Waals surface area (Å²) in [4.78, 5) is 15.0. The molecule has 0 bridgehead atoms. The SMILES string of the molecule is CC(C)(C)OC(=O)N1CCC[C@@H]1CCO.[2H]C([2H])([2H])N1CCC[C@@H]1CCO. The molecule has 6 heteroatoms. The lowest BCUT2D eigenvalue weighted by Gasteiger charge is -2.28. The summed E-state index contributed by atoms with van der Waals surface area (Å²) in [6.45, 7) is 5.21. The number of carbonyl (C=O) groups is 1. The van der Waals surface area contributed by atoms with Crippen LogP contribution in [0, 0.1) is 0 Å². The van der Waals surface area contributed by atoms with Gasteiger partial charge in [0.15, 0.2) is 0 Å². The Morgan fingerprint density at radius 3 is 2.29 bits per heavy atom. The maximum absolute atomic E-state index is 11.8. The van der Waals surface area contributed by atoms with E-state index in [1.807, 2.05) is 20.8 Å². The highest BCUT2D eigenvalue weighted by Gasteiger charge is 2.31. The Kier molecular flexibility index (Phi) is 7.07. The summed E-state index contributed by atoms with van der Waals surface area (Å²) < 4.78 is 27.0. The zero-order valence-electron chi connectivity index (χ0n) is 18.3. The molecular weight excluding hydrogens is 308 g/mol. The molecule has 1 amide bonds. The molecular formula is C18H36N2O4. The fourth-order valence-electron chi connectivity index (χ4n) is 3.13. The van der Waals surface area contributed by atoms with E-state index in [-0.39, 0.29) is 31.4 Å². The lowest BCUT2D eigenvalue weighted by atomic mass is 10.1. The Morgan fingerprint density at radius 1 is 1.12 bits per heavy atom. The number of nitrogens with zero attached hydrogens (tertiary/aromatic N) is 2. The van der Waals surface area contributed by atoms with Crippen LogP contribution in [0.25, 0.3) is 0 Å². The first-order valence-corrected chi connectivity index (χ1v) is 8.97. The summed E-state index contributed by atoms with van der Waals surface area (Å²) in [6, 6.07) is 0.215. The van der Waals surface area contributed by atoms with Crippen LogP contribution in [0.3, 0.4) is 0 Å². The minimum atomic E-state index is -1.98. The van der Waals surface area contributed by atoms with E-state index in [1.165, 1.54) is 4.90 Å². The molecule has 2 aliphatic rings. The number of aliphatic hydroxyl groups is 2. The average Bonchev–Trinajstić information content (AvgIpc) is 3.15. The first kappa shape index (κ1) is 16.6. The van der Waals surface area contributed by atoms with Gasteiger partial charge in [-0.25, -0.2) is 4.79 Å². The van der Waals surface area contributed by atoms with Crippen LogP contribution in [0.2, 0.25) is 0 Å². The number of hydrogen-bond acceptors (Lipinski definition) is 5. The minimum absolute atomic E-state index is 0.0579. The van der Waals surface area contributed by atoms with Crippen molar-refractivity contribution in [2.45, 2.75) is 77.0 Å². The van der Waals surface area contributed by atoms with Crippen molar-refractivity contribution in [2.75, 3.05) is 33.3 Å². The first-order valence-electron chi connectivity index (χ1n) is 10.5. The quantitative estimate of drug-likeness (QED) is 0.816. The summed E-state index contributed by atoms with van der Waals surface area (Å²) in [5.41, 5.74) is -0.441. The lowest BCUT2D eigenvalue weighted by molar-refractivity contribution is 0.0209. The Hall–Kier alpha value is -0.850. The molecule has 2 rings (SSSR count). The van der Waals surface area contributed by atoms with Gasteiger partial charge in [-0.2, -0.15) is 0 Å². The van der Waals surface area contributed by atoms with Crippen molar-refractivity contribution >= 4 is 6.09 Å². The summed E-state index contributed by atoms with van der Waals surface area (Å²) in [5, 5.41) is 17.6. The van der Waals surface area contributed by atoms with E-state index in [9.17, 15) is 4.79 Å². The van der Waals surface area contributed by atoms with Crippen molar-refractivity contribution in [1.29, 1.82) is 0 Å². The minimum Gasteiger partial charge on any atom is -0.444 e. The zero-order chi connectivity index (χ0) is 20.7. The molecule has 2 atom stereocenters. The van der Waals surface area contributed by atoms with Crippen LogP contribution in [0.4, 0.5) is 4.79 Å². The third-order valence-electron chi connectivity index (χ3n) is 4.31. The maximum Gasteiger partial charge on any atom is 0.410 e. The van der Waals surface area contributed by atoms with Crippen molar-refractivity contribution < 1.29 is 23.9 Å². The van der Waals surface area contributed by atoms with Crippen LogP contribution in [-0.2, 0) is 4.74 Å². The average molecular weight is 348 g/mol. The van der Waals surface area contributed by atoms with Crippen molar-refractivity contribution in [3.05, 3.63) is 0 Å². The summed E-state index contributed by atoms with van der Waals surface area (Å²) >= 11 is 0. The lowest BCUT2D eigenvalue weighted by Crippen LogP contribution is -2.40. The molecule has 142 valence electrons. The van der Waals surface area contributed by atoms with Crippen LogP contribution >= 0.6 is 0 Å². The molecule has 0 radical (unpaired) electrons. The predicted octanol–water partition coefficient (Wildman–Crippen LogP) is 2.23. The largest absolute Gasteiger partial charge is 0.444 e. The molecule has 2 N–H and O–H groups in total. The van der Waals surface area contributed by atoms with Crippen LogP contribution in [0.5, 0.6) is 0 Å². The van der Waals surface area contributed by atoms with E-state index >= 15 is 0 Å². The summed E-state index contributed by atoms with van der Waals surface area (Å²) in [5.74, 6) is 0. The highest BCUT2D eigenvalue weighted by molar-refractivity contribution is 5.68. The van der Waals surface area contributed by atoms with Crippen molar-refractivity contribution in [3.63, 3.8) is 0 Å². The maximum atomic E-state index is 11.8. The molecule has 2 fully saturated rings. The van der Waals surface area contributed by atoms with Crippen LogP contribution in [0.1, 0.15) is 63.4 Å². The second kappa shape index (κ2) is 10.2. The monoisotopic (exact) mass is 347 g/mol. The van der Waals surface area contributed by atoms with Crippen molar-refractivity contribution in [3.8, 4) is 0 Å². The number of amides is 1. The Balaban J connectivity index is 0.000000277. The molecule has 0 aromatic rings. The second-order valence-electron chi connectivity index (χ2n) is 7.48. The van der Waals surface area contributed by atoms with Crippen LogP contribution < -0.4 is 0 Å². The number of hydrogen-bond donors (Lipinski definition) is 2. The van der Waals surface area contributed by atoms with Crippen molar-refractivity contribution in [1.82, 2.24) is 9.80 Å².